The summed E-state index contributed by atoms with van der Waals surface area (Å²) >= 11 is 0. The second kappa shape index (κ2) is 8.02. The van der Waals surface area contributed by atoms with Crippen molar-refractivity contribution >= 4 is 5.97 Å². The highest BCUT2D eigenvalue weighted by Gasteiger charge is 2.22. The Morgan fingerprint density at radius 2 is 2.15 bits per heavy atom. The average Bonchev–Trinajstić information content (AvgIpc) is 2.42. The molecule has 0 heterocycles. The average molecular weight is 280 g/mol. The molecular weight excluding hydrogens is 256 g/mol. The van der Waals surface area contributed by atoms with E-state index in [1.54, 1.807) is 13.0 Å². The van der Waals surface area contributed by atoms with E-state index in [0.29, 0.717) is 23.1 Å². The van der Waals surface area contributed by atoms with Crippen molar-refractivity contribution in [2.45, 2.75) is 44.8 Å². The van der Waals surface area contributed by atoms with Gasteiger partial charge in [0.05, 0.1) is 31.5 Å². The van der Waals surface area contributed by atoms with E-state index < -0.39 is 5.97 Å². The molecule has 4 heteroatoms. The number of ether oxygens (including phenoxy) is 2. The van der Waals surface area contributed by atoms with Crippen LogP contribution in [0, 0.1) is 0 Å². The maximum absolute atomic E-state index is 11.8. The van der Waals surface area contributed by atoms with Crippen molar-refractivity contribution in [3.05, 3.63) is 36.0 Å². The lowest BCUT2D eigenvalue weighted by Crippen LogP contribution is -2.27. The van der Waals surface area contributed by atoms with Crippen LogP contribution in [0.3, 0.4) is 0 Å². The quantitative estimate of drug-likeness (QED) is 0.461. The van der Waals surface area contributed by atoms with Crippen LogP contribution in [-0.2, 0) is 14.3 Å². The smallest absolute Gasteiger partial charge is 0.338 e. The van der Waals surface area contributed by atoms with E-state index >= 15 is 0 Å². The normalized spacial score (nSPS) is 23.8. The Morgan fingerprint density at radius 3 is 2.65 bits per heavy atom. The van der Waals surface area contributed by atoms with Crippen LogP contribution in [0.4, 0.5) is 0 Å². The molecule has 0 bridgehead atoms. The summed E-state index contributed by atoms with van der Waals surface area (Å²) in [5, 5.41) is 9.63. The third kappa shape index (κ3) is 4.62. The van der Waals surface area contributed by atoms with Crippen molar-refractivity contribution in [2.75, 3.05) is 13.7 Å². The monoisotopic (exact) mass is 280 g/mol. The van der Waals surface area contributed by atoms with Crippen LogP contribution in [0.15, 0.2) is 36.0 Å². The summed E-state index contributed by atoms with van der Waals surface area (Å²) in [6, 6.07) is 0. The first kappa shape index (κ1) is 16.7. The minimum atomic E-state index is -0.431. The topological polar surface area (TPSA) is 55.8 Å². The molecular formula is C16H24O4. The molecule has 0 aromatic carbocycles. The van der Waals surface area contributed by atoms with Crippen LogP contribution >= 0.6 is 0 Å². The highest BCUT2D eigenvalue weighted by molar-refractivity contribution is 5.94. The Hall–Kier alpha value is -1.39. The van der Waals surface area contributed by atoms with E-state index in [4.69, 9.17) is 9.47 Å². The van der Waals surface area contributed by atoms with E-state index in [1.165, 1.54) is 7.11 Å². The molecule has 1 aliphatic rings. The van der Waals surface area contributed by atoms with E-state index in [0.717, 1.165) is 19.3 Å². The molecule has 0 spiro atoms. The van der Waals surface area contributed by atoms with Crippen molar-refractivity contribution in [3.8, 4) is 0 Å². The van der Waals surface area contributed by atoms with Crippen molar-refractivity contribution in [1.29, 1.82) is 0 Å². The van der Waals surface area contributed by atoms with E-state index in [2.05, 4.69) is 13.2 Å². The molecule has 0 aliphatic heterocycles. The fourth-order valence-corrected chi connectivity index (χ4v) is 2.39. The van der Waals surface area contributed by atoms with Gasteiger partial charge in [-0.3, -0.25) is 0 Å². The summed E-state index contributed by atoms with van der Waals surface area (Å²) in [5.41, 5.74) is 1.71. The van der Waals surface area contributed by atoms with Gasteiger partial charge < -0.3 is 14.6 Å². The van der Waals surface area contributed by atoms with E-state index in [9.17, 15) is 9.90 Å². The van der Waals surface area contributed by atoms with Crippen LogP contribution in [0.2, 0.25) is 0 Å². The van der Waals surface area contributed by atoms with Gasteiger partial charge >= 0.3 is 5.97 Å². The molecule has 1 saturated carbocycles. The minimum Gasteiger partial charge on any atom is -0.465 e. The Morgan fingerprint density at radius 1 is 1.45 bits per heavy atom. The first-order chi connectivity index (χ1) is 9.49. The predicted octanol–water partition coefficient (Wildman–Crippen LogP) is 2.54. The van der Waals surface area contributed by atoms with Crippen molar-refractivity contribution in [2.24, 2.45) is 0 Å². The van der Waals surface area contributed by atoms with Crippen molar-refractivity contribution < 1.29 is 19.4 Å². The van der Waals surface area contributed by atoms with Gasteiger partial charge in [0.2, 0.25) is 0 Å². The standard InChI is InChI=1S/C16H24O4/c1-5-12(15(11(2)3)16(18)19-4)10-20-14-8-6-7-13(17)9-14/h5,13-14,17H,1-2,6-10H2,3-4H3/b15-12-. The lowest BCUT2D eigenvalue weighted by Gasteiger charge is -2.26. The number of hydrogen-bond acceptors (Lipinski definition) is 4. The number of rotatable bonds is 6. The van der Waals surface area contributed by atoms with Crippen molar-refractivity contribution in [1.82, 2.24) is 0 Å². The fraction of sp³-hybridized carbons (Fsp3) is 0.562. The lowest BCUT2D eigenvalue weighted by molar-refractivity contribution is -0.135. The van der Waals surface area contributed by atoms with Gasteiger partial charge in [0.15, 0.2) is 0 Å². The van der Waals surface area contributed by atoms with Gasteiger partial charge in [0.1, 0.15) is 0 Å². The first-order valence-electron chi connectivity index (χ1n) is 6.89. The van der Waals surface area contributed by atoms with Gasteiger partial charge in [-0.1, -0.05) is 19.2 Å². The Labute approximate surface area is 120 Å². The number of carbonyl (C=O) groups excluding carboxylic acids is 1. The third-order valence-corrected chi connectivity index (χ3v) is 3.46. The number of carbonyl (C=O) groups is 1. The summed E-state index contributed by atoms with van der Waals surface area (Å²) in [7, 11) is 1.34. The molecule has 1 fully saturated rings. The maximum Gasteiger partial charge on any atom is 0.338 e. The molecule has 0 saturated heterocycles. The Bertz CT molecular complexity index is 409. The molecule has 20 heavy (non-hydrogen) atoms. The zero-order valence-corrected chi connectivity index (χ0v) is 12.4. The summed E-state index contributed by atoms with van der Waals surface area (Å²) in [5.74, 6) is -0.431. The van der Waals surface area contributed by atoms with E-state index in [1.807, 2.05) is 0 Å². The van der Waals surface area contributed by atoms with Crippen LogP contribution < -0.4 is 0 Å². The molecule has 2 atom stereocenters. The number of hydrogen-bond donors (Lipinski definition) is 1. The van der Waals surface area contributed by atoms with Crippen molar-refractivity contribution in [3.63, 3.8) is 0 Å². The van der Waals surface area contributed by atoms with Gasteiger partial charge in [0, 0.05) is 0 Å². The zero-order chi connectivity index (χ0) is 15.1. The molecule has 0 aromatic rings. The highest BCUT2D eigenvalue weighted by Crippen LogP contribution is 2.23. The van der Waals surface area contributed by atoms with Crippen LogP contribution in [0.25, 0.3) is 0 Å². The summed E-state index contributed by atoms with van der Waals surface area (Å²) in [6.45, 7) is 9.55. The fourth-order valence-electron chi connectivity index (χ4n) is 2.39. The van der Waals surface area contributed by atoms with Gasteiger partial charge in [-0.05, 0) is 43.8 Å². The molecule has 2 unspecified atom stereocenters. The molecule has 1 rings (SSSR count). The molecule has 1 N–H and O–H groups in total. The van der Waals surface area contributed by atoms with Crippen LogP contribution in [0.5, 0.6) is 0 Å². The molecule has 0 amide bonds. The molecule has 1 aliphatic carbocycles. The third-order valence-electron chi connectivity index (χ3n) is 3.46. The zero-order valence-electron chi connectivity index (χ0n) is 12.4. The second-order valence-electron chi connectivity index (χ2n) is 5.13. The van der Waals surface area contributed by atoms with Gasteiger partial charge in [-0.25, -0.2) is 4.79 Å². The molecule has 4 nitrogen and oxygen atoms in total. The number of aliphatic hydroxyl groups excluding tert-OH is 1. The Balaban J connectivity index is 2.75. The lowest BCUT2D eigenvalue weighted by atomic mass is 9.95. The summed E-state index contributed by atoms with van der Waals surface area (Å²) in [6.07, 6.45) is 4.71. The molecule has 0 radical (unpaired) electrons. The largest absolute Gasteiger partial charge is 0.465 e. The SMILES string of the molecule is C=C/C(COC1CCCC(O)C1)=C(\C(=C)C)C(=O)OC. The first-order valence-corrected chi connectivity index (χ1v) is 6.89. The maximum atomic E-state index is 11.8. The highest BCUT2D eigenvalue weighted by atomic mass is 16.5. The molecule has 0 aromatic heterocycles. The van der Waals surface area contributed by atoms with E-state index in [-0.39, 0.29) is 18.8 Å². The second-order valence-corrected chi connectivity index (χ2v) is 5.13. The number of methoxy groups -OCH3 is 1. The molecule has 112 valence electrons. The van der Waals surface area contributed by atoms with Crippen LogP contribution in [0.1, 0.15) is 32.6 Å². The van der Waals surface area contributed by atoms with Gasteiger partial charge in [-0.2, -0.15) is 0 Å². The van der Waals surface area contributed by atoms with Gasteiger partial charge in [0.25, 0.3) is 0 Å². The summed E-state index contributed by atoms with van der Waals surface area (Å²) < 4.78 is 10.6. The number of aliphatic hydroxyl groups is 1. The predicted molar refractivity (Wildman–Crippen MR) is 78.3 cm³/mol. The van der Waals surface area contributed by atoms with Crippen LogP contribution in [-0.4, -0.2) is 37.0 Å². The Kier molecular flexibility index (Phi) is 6.68. The minimum absolute atomic E-state index is 0.0257. The number of esters is 1. The van der Waals surface area contributed by atoms with Gasteiger partial charge in [-0.15, -0.1) is 0 Å². The summed E-state index contributed by atoms with van der Waals surface area (Å²) in [4.78, 5) is 11.8.